The molecule has 5 nitrogen and oxygen atoms in total. The van der Waals surface area contributed by atoms with Crippen LogP contribution in [0.15, 0.2) is 29.4 Å². The van der Waals surface area contributed by atoms with Crippen molar-refractivity contribution in [3.63, 3.8) is 0 Å². The quantitative estimate of drug-likeness (QED) is 0.780. The second-order valence-corrected chi connectivity index (χ2v) is 5.69. The van der Waals surface area contributed by atoms with E-state index in [9.17, 15) is 0 Å². The Kier molecular flexibility index (Phi) is 4.72. The summed E-state index contributed by atoms with van der Waals surface area (Å²) in [5.74, 6) is 0. The van der Waals surface area contributed by atoms with E-state index in [-0.39, 0.29) is 0 Å². The fourth-order valence-electron chi connectivity index (χ4n) is 2.65. The largest absolute Gasteiger partial charge is 0.378 e. The predicted octanol–water partition coefficient (Wildman–Crippen LogP) is 1.10. The van der Waals surface area contributed by atoms with Crippen molar-refractivity contribution in [1.82, 2.24) is 9.91 Å². The predicted molar refractivity (Wildman–Crippen MR) is 86.1 cm³/mol. The average Bonchev–Trinajstić information content (AvgIpc) is 2.56. The van der Waals surface area contributed by atoms with Crippen molar-refractivity contribution in [2.24, 2.45) is 5.10 Å². The molecule has 2 aliphatic heterocycles. The molecule has 0 bridgehead atoms. The molecule has 1 aromatic rings. The maximum Gasteiger partial charge on any atom is 0.0642 e. The molecule has 21 heavy (non-hydrogen) atoms. The lowest BCUT2D eigenvalue weighted by molar-refractivity contribution is 0.122. The molecule has 2 aliphatic rings. The fourth-order valence-corrected chi connectivity index (χ4v) is 2.65. The van der Waals surface area contributed by atoms with Gasteiger partial charge in [0.05, 0.1) is 19.4 Å². The van der Waals surface area contributed by atoms with Gasteiger partial charge < -0.3 is 14.5 Å². The second-order valence-electron chi connectivity index (χ2n) is 5.69. The maximum absolute atomic E-state index is 5.39. The molecule has 0 amide bonds. The van der Waals surface area contributed by atoms with Gasteiger partial charge in [0.1, 0.15) is 0 Å². The van der Waals surface area contributed by atoms with Crippen molar-refractivity contribution in [1.29, 1.82) is 0 Å². The van der Waals surface area contributed by atoms with Gasteiger partial charge in [-0.1, -0.05) is 12.1 Å². The molecule has 0 spiro atoms. The molecule has 0 saturated carbocycles. The van der Waals surface area contributed by atoms with E-state index in [4.69, 9.17) is 4.74 Å². The highest BCUT2D eigenvalue weighted by molar-refractivity contribution is 5.80. The first-order valence-electron chi connectivity index (χ1n) is 7.71. The lowest BCUT2D eigenvalue weighted by Crippen LogP contribution is -2.41. The molecule has 0 N–H and O–H groups in total. The Morgan fingerprint density at radius 3 is 2.29 bits per heavy atom. The van der Waals surface area contributed by atoms with Crippen molar-refractivity contribution in [3.8, 4) is 0 Å². The van der Waals surface area contributed by atoms with Gasteiger partial charge in [-0.2, -0.15) is 5.10 Å². The standard InChI is InChI=1S/C16H24N4O/c1-18-6-8-20(9-7-18)17-14-15-2-4-16(5-3-15)19-10-12-21-13-11-19/h2-5,14H,6-13H2,1H3/b17-14-. The number of anilines is 1. The second kappa shape index (κ2) is 6.91. The maximum atomic E-state index is 5.39. The molecule has 2 heterocycles. The van der Waals surface area contributed by atoms with Crippen molar-refractivity contribution in [3.05, 3.63) is 29.8 Å². The molecule has 1 aromatic carbocycles. The lowest BCUT2D eigenvalue weighted by atomic mass is 10.2. The van der Waals surface area contributed by atoms with Crippen molar-refractivity contribution in [2.45, 2.75) is 0 Å². The van der Waals surface area contributed by atoms with Crippen LogP contribution >= 0.6 is 0 Å². The molecule has 114 valence electrons. The smallest absolute Gasteiger partial charge is 0.0642 e. The summed E-state index contributed by atoms with van der Waals surface area (Å²) in [4.78, 5) is 4.70. The molecule has 0 aliphatic carbocycles. The first kappa shape index (κ1) is 14.4. The van der Waals surface area contributed by atoms with Crippen molar-refractivity contribution in [2.75, 3.05) is 64.4 Å². The van der Waals surface area contributed by atoms with E-state index in [1.807, 2.05) is 6.21 Å². The minimum absolute atomic E-state index is 0.826. The molecular formula is C16H24N4O. The van der Waals surface area contributed by atoms with Gasteiger partial charge in [-0.15, -0.1) is 0 Å². The number of hydrogen-bond donors (Lipinski definition) is 0. The van der Waals surface area contributed by atoms with Gasteiger partial charge in [-0.05, 0) is 24.7 Å². The van der Waals surface area contributed by atoms with Crippen LogP contribution in [0.1, 0.15) is 5.56 Å². The van der Waals surface area contributed by atoms with E-state index in [1.54, 1.807) is 0 Å². The highest BCUT2D eigenvalue weighted by Gasteiger charge is 2.12. The van der Waals surface area contributed by atoms with Gasteiger partial charge in [0.15, 0.2) is 0 Å². The zero-order valence-electron chi connectivity index (χ0n) is 12.7. The first-order valence-corrected chi connectivity index (χ1v) is 7.71. The van der Waals surface area contributed by atoms with Crippen LogP contribution in [0.5, 0.6) is 0 Å². The number of ether oxygens (including phenoxy) is 1. The third kappa shape index (κ3) is 3.95. The summed E-state index contributed by atoms with van der Waals surface area (Å²) in [5, 5.41) is 6.73. The van der Waals surface area contributed by atoms with E-state index in [2.05, 4.69) is 51.2 Å². The lowest BCUT2D eigenvalue weighted by Gasteiger charge is -2.30. The Balaban J connectivity index is 1.56. The van der Waals surface area contributed by atoms with E-state index >= 15 is 0 Å². The summed E-state index contributed by atoms with van der Waals surface area (Å²) in [5.41, 5.74) is 2.43. The van der Waals surface area contributed by atoms with Gasteiger partial charge in [0, 0.05) is 45.0 Å². The number of piperazine rings is 1. The Morgan fingerprint density at radius 2 is 1.62 bits per heavy atom. The zero-order valence-corrected chi connectivity index (χ0v) is 12.7. The molecule has 2 saturated heterocycles. The van der Waals surface area contributed by atoms with Crippen LogP contribution < -0.4 is 4.90 Å². The average molecular weight is 288 g/mol. The number of nitrogens with zero attached hydrogens (tertiary/aromatic N) is 4. The van der Waals surface area contributed by atoms with Crippen LogP contribution in [-0.2, 0) is 4.74 Å². The molecule has 5 heteroatoms. The van der Waals surface area contributed by atoms with Crippen molar-refractivity contribution < 1.29 is 4.74 Å². The minimum Gasteiger partial charge on any atom is -0.378 e. The number of hydrazone groups is 1. The Morgan fingerprint density at radius 1 is 0.952 bits per heavy atom. The third-order valence-electron chi connectivity index (χ3n) is 4.12. The summed E-state index contributed by atoms with van der Waals surface area (Å²) in [6.07, 6.45) is 1.97. The molecule has 0 aromatic heterocycles. The van der Waals surface area contributed by atoms with Crippen LogP contribution in [0.3, 0.4) is 0 Å². The van der Waals surface area contributed by atoms with Crippen LogP contribution in [-0.4, -0.2) is 75.7 Å². The highest BCUT2D eigenvalue weighted by Crippen LogP contribution is 2.16. The van der Waals surface area contributed by atoms with E-state index < -0.39 is 0 Å². The highest BCUT2D eigenvalue weighted by atomic mass is 16.5. The first-order chi connectivity index (χ1) is 10.3. The molecule has 0 radical (unpaired) electrons. The van der Waals surface area contributed by atoms with Crippen LogP contribution in [0, 0.1) is 0 Å². The fraction of sp³-hybridized carbons (Fsp3) is 0.562. The zero-order chi connectivity index (χ0) is 14.5. The number of morpholine rings is 1. The van der Waals surface area contributed by atoms with Crippen LogP contribution in [0.4, 0.5) is 5.69 Å². The number of likely N-dealkylation sites (N-methyl/N-ethyl adjacent to an activating group) is 1. The summed E-state index contributed by atoms with van der Waals surface area (Å²) in [7, 11) is 2.16. The van der Waals surface area contributed by atoms with Gasteiger partial charge in [0.2, 0.25) is 0 Å². The molecule has 0 unspecified atom stereocenters. The number of hydrogen-bond acceptors (Lipinski definition) is 5. The van der Waals surface area contributed by atoms with Crippen molar-refractivity contribution >= 4 is 11.9 Å². The summed E-state index contributed by atoms with van der Waals surface area (Å²) in [6.45, 7) is 7.82. The third-order valence-corrected chi connectivity index (χ3v) is 4.12. The van der Waals surface area contributed by atoms with E-state index in [1.165, 1.54) is 5.69 Å². The molecule has 3 rings (SSSR count). The van der Waals surface area contributed by atoms with Crippen LogP contribution in [0.25, 0.3) is 0 Å². The van der Waals surface area contributed by atoms with Crippen LogP contribution in [0.2, 0.25) is 0 Å². The normalized spacial score (nSPS) is 21.2. The Labute approximate surface area is 126 Å². The summed E-state index contributed by atoms with van der Waals surface area (Å²) in [6, 6.07) is 8.64. The van der Waals surface area contributed by atoms with E-state index in [0.29, 0.717) is 0 Å². The monoisotopic (exact) mass is 288 g/mol. The van der Waals surface area contributed by atoms with E-state index in [0.717, 1.165) is 58.0 Å². The number of benzene rings is 1. The SMILES string of the molecule is CN1CCN(/N=C\c2ccc(N3CCOCC3)cc2)CC1. The topological polar surface area (TPSA) is 31.3 Å². The number of rotatable bonds is 3. The Hall–Kier alpha value is -1.59. The minimum atomic E-state index is 0.826. The van der Waals surface area contributed by atoms with Gasteiger partial charge in [-0.25, -0.2) is 0 Å². The molecule has 0 atom stereocenters. The molecular weight excluding hydrogens is 264 g/mol. The van der Waals surface area contributed by atoms with Gasteiger partial charge in [0.25, 0.3) is 0 Å². The molecule has 2 fully saturated rings. The summed E-state index contributed by atoms with van der Waals surface area (Å²) >= 11 is 0. The Bertz CT molecular complexity index is 460. The van der Waals surface area contributed by atoms with Gasteiger partial charge in [-0.3, -0.25) is 5.01 Å². The van der Waals surface area contributed by atoms with Gasteiger partial charge >= 0.3 is 0 Å². The summed E-state index contributed by atoms with van der Waals surface area (Å²) < 4.78 is 5.39.